The fourth-order valence-corrected chi connectivity index (χ4v) is 4.22. The number of halogens is 2. The van der Waals surface area contributed by atoms with Gasteiger partial charge in [0, 0.05) is 17.3 Å². The maximum absolute atomic E-state index is 13.1. The minimum atomic E-state index is -3.86. The van der Waals surface area contributed by atoms with E-state index >= 15 is 0 Å². The van der Waals surface area contributed by atoms with Gasteiger partial charge < -0.3 is 4.74 Å². The quantitative estimate of drug-likeness (QED) is 0.752. The molecule has 8 heteroatoms. The molecule has 0 bridgehead atoms. The average molecular weight is 415 g/mol. The van der Waals surface area contributed by atoms with Gasteiger partial charge in [-0.2, -0.15) is 0 Å². The Kier molecular flexibility index (Phi) is 5.17. The summed E-state index contributed by atoms with van der Waals surface area (Å²) in [6.45, 7) is 0.803. The lowest BCUT2D eigenvalue weighted by Gasteiger charge is -2.26. The fraction of sp³-hybridized carbons (Fsp3) is 0.312. The van der Waals surface area contributed by atoms with Gasteiger partial charge in [-0.1, -0.05) is 0 Å². The van der Waals surface area contributed by atoms with E-state index in [0.717, 1.165) is 29.4 Å². The van der Waals surface area contributed by atoms with Crippen LogP contribution in [-0.4, -0.2) is 32.7 Å². The van der Waals surface area contributed by atoms with Crippen molar-refractivity contribution in [3.05, 3.63) is 52.9 Å². The summed E-state index contributed by atoms with van der Waals surface area (Å²) < 4.78 is 46.7. The molecule has 0 aliphatic carbocycles. The number of benzene rings is 1. The first-order chi connectivity index (χ1) is 11.5. The van der Waals surface area contributed by atoms with Crippen LogP contribution in [-0.2, 0) is 14.8 Å². The van der Waals surface area contributed by atoms with Crippen LogP contribution in [0.15, 0.2) is 52.0 Å². The first-order valence-corrected chi connectivity index (χ1v) is 9.71. The molecule has 1 aromatic carbocycles. The number of anilines is 1. The second-order valence-corrected chi connectivity index (χ2v) is 8.24. The first-order valence-electron chi connectivity index (χ1n) is 7.48. The second-order valence-electron chi connectivity index (χ2n) is 5.46. The summed E-state index contributed by atoms with van der Waals surface area (Å²) in [5, 5.41) is 0. The Balaban J connectivity index is 1.98. The maximum atomic E-state index is 13.1. The lowest BCUT2D eigenvalue weighted by molar-refractivity contribution is 0.118. The van der Waals surface area contributed by atoms with Crippen molar-refractivity contribution in [3.8, 4) is 0 Å². The smallest absolute Gasteiger partial charge is 0.265 e. The number of pyridine rings is 1. The molecule has 128 valence electrons. The highest BCUT2D eigenvalue weighted by molar-refractivity contribution is 9.10. The van der Waals surface area contributed by atoms with E-state index in [1.807, 2.05) is 0 Å². The Morgan fingerprint density at radius 2 is 2.00 bits per heavy atom. The zero-order valence-corrected chi connectivity index (χ0v) is 15.1. The largest absolute Gasteiger partial charge is 0.376 e. The van der Waals surface area contributed by atoms with Crippen molar-refractivity contribution in [2.45, 2.75) is 23.8 Å². The second kappa shape index (κ2) is 7.16. The number of ether oxygens (including phenoxy) is 1. The molecule has 1 fully saturated rings. The van der Waals surface area contributed by atoms with E-state index in [2.05, 4.69) is 20.9 Å². The van der Waals surface area contributed by atoms with Gasteiger partial charge in [-0.3, -0.25) is 0 Å². The topological polar surface area (TPSA) is 59.5 Å². The normalized spacial score (nSPS) is 17.8. The fourth-order valence-electron chi connectivity index (χ4n) is 2.54. The average Bonchev–Trinajstić information content (AvgIpc) is 3.07. The zero-order chi connectivity index (χ0) is 17.2. The first kappa shape index (κ1) is 17.3. The SMILES string of the molecule is O=S(=O)(c1ccc(F)cc1)N(CC1CCCO1)c1ccc(Br)cn1. The van der Waals surface area contributed by atoms with Crippen LogP contribution in [0.1, 0.15) is 12.8 Å². The summed E-state index contributed by atoms with van der Waals surface area (Å²) >= 11 is 3.29. The summed E-state index contributed by atoms with van der Waals surface area (Å²) in [5.74, 6) is -0.181. The monoisotopic (exact) mass is 414 g/mol. The number of hydrogen-bond acceptors (Lipinski definition) is 4. The van der Waals surface area contributed by atoms with Crippen molar-refractivity contribution in [1.29, 1.82) is 0 Å². The highest BCUT2D eigenvalue weighted by atomic mass is 79.9. The summed E-state index contributed by atoms with van der Waals surface area (Å²) in [6.07, 6.45) is 3.07. The Morgan fingerprint density at radius 1 is 1.25 bits per heavy atom. The summed E-state index contributed by atoms with van der Waals surface area (Å²) in [7, 11) is -3.86. The van der Waals surface area contributed by atoms with Gasteiger partial charge in [-0.05, 0) is 65.2 Å². The van der Waals surface area contributed by atoms with Crippen molar-refractivity contribution in [1.82, 2.24) is 4.98 Å². The molecule has 3 rings (SSSR count). The molecular formula is C16H16BrFN2O3S. The van der Waals surface area contributed by atoms with Crippen molar-refractivity contribution in [3.63, 3.8) is 0 Å². The van der Waals surface area contributed by atoms with E-state index in [-0.39, 0.29) is 17.5 Å². The van der Waals surface area contributed by atoms with Crippen molar-refractivity contribution in [2.75, 3.05) is 17.5 Å². The van der Waals surface area contributed by atoms with Crippen LogP contribution in [0, 0.1) is 5.82 Å². The lowest BCUT2D eigenvalue weighted by Crippen LogP contribution is -2.38. The van der Waals surface area contributed by atoms with E-state index in [9.17, 15) is 12.8 Å². The maximum Gasteiger partial charge on any atom is 0.265 e. The molecule has 2 heterocycles. The minimum absolute atomic E-state index is 0.0200. The molecule has 0 radical (unpaired) electrons. The predicted octanol–water partition coefficient (Wildman–Crippen LogP) is 3.36. The third kappa shape index (κ3) is 3.76. The number of rotatable bonds is 5. The Morgan fingerprint density at radius 3 is 2.58 bits per heavy atom. The molecule has 1 atom stereocenters. The molecule has 0 N–H and O–H groups in total. The van der Waals surface area contributed by atoms with Gasteiger partial charge in [0.25, 0.3) is 10.0 Å². The molecule has 0 spiro atoms. The van der Waals surface area contributed by atoms with Crippen LogP contribution in [0.5, 0.6) is 0 Å². The van der Waals surface area contributed by atoms with Crippen LogP contribution in [0.3, 0.4) is 0 Å². The van der Waals surface area contributed by atoms with Crippen molar-refractivity contribution < 1.29 is 17.5 Å². The third-order valence-electron chi connectivity index (χ3n) is 3.76. The zero-order valence-electron chi connectivity index (χ0n) is 12.7. The number of sulfonamides is 1. The van der Waals surface area contributed by atoms with Gasteiger partial charge in [-0.25, -0.2) is 22.1 Å². The summed E-state index contributed by atoms with van der Waals surface area (Å²) in [5.41, 5.74) is 0. The molecule has 5 nitrogen and oxygen atoms in total. The standard InChI is InChI=1S/C16H16BrFN2O3S/c17-12-3-8-16(19-10-12)20(11-14-2-1-9-23-14)24(21,22)15-6-4-13(18)5-7-15/h3-8,10,14H,1-2,9,11H2. The molecule has 0 amide bonds. The van der Waals surface area contributed by atoms with Crippen molar-refractivity contribution in [2.24, 2.45) is 0 Å². The van der Waals surface area contributed by atoms with E-state index in [4.69, 9.17) is 4.74 Å². The van der Waals surface area contributed by atoms with Gasteiger partial charge in [0.1, 0.15) is 11.6 Å². The number of hydrogen-bond donors (Lipinski definition) is 0. The molecule has 24 heavy (non-hydrogen) atoms. The minimum Gasteiger partial charge on any atom is -0.376 e. The summed E-state index contributed by atoms with van der Waals surface area (Å²) in [4.78, 5) is 4.22. The molecule has 1 saturated heterocycles. The Hall–Kier alpha value is -1.51. The van der Waals surface area contributed by atoms with Crippen LogP contribution < -0.4 is 4.31 Å². The van der Waals surface area contributed by atoms with Crippen LogP contribution in [0.2, 0.25) is 0 Å². The third-order valence-corrected chi connectivity index (χ3v) is 6.02. The van der Waals surface area contributed by atoms with E-state index in [1.54, 1.807) is 12.1 Å². The molecule has 2 aromatic rings. The van der Waals surface area contributed by atoms with Gasteiger partial charge >= 0.3 is 0 Å². The summed E-state index contributed by atoms with van der Waals surface area (Å²) in [6, 6.07) is 8.13. The molecule has 1 aliphatic rings. The lowest BCUT2D eigenvalue weighted by atomic mass is 10.2. The molecule has 0 saturated carbocycles. The predicted molar refractivity (Wildman–Crippen MR) is 91.8 cm³/mol. The Labute approximate surface area is 148 Å². The highest BCUT2D eigenvalue weighted by Gasteiger charge is 2.30. The molecular weight excluding hydrogens is 399 g/mol. The number of aromatic nitrogens is 1. The van der Waals surface area contributed by atoms with Gasteiger partial charge in [0.05, 0.1) is 17.5 Å². The van der Waals surface area contributed by atoms with Crippen LogP contribution in [0.25, 0.3) is 0 Å². The highest BCUT2D eigenvalue weighted by Crippen LogP contribution is 2.26. The Bertz CT molecular complexity index is 791. The number of nitrogens with zero attached hydrogens (tertiary/aromatic N) is 2. The van der Waals surface area contributed by atoms with E-state index in [0.29, 0.717) is 12.4 Å². The van der Waals surface area contributed by atoms with Crippen molar-refractivity contribution >= 4 is 31.8 Å². The van der Waals surface area contributed by atoms with Crippen LogP contribution in [0.4, 0.5) is 10.2 Å². The van der Waals surface area contributed by atoms with Gasteiger partial charge in [0.15, 0.2) is 0 Å². The van der Waals surface area contributed by atoms with E-state index < -0.39 is 15.8 Å². The molecule has 1 aromatic heterocycles. The molecule has 1 unspecified atom stereocenters. The molecule has 1 aliphatic heterocycles. The van der Waals surface area contributed by atoms with E-state index in [1.165, 1.54) is 22.6 Å². The van der Waals surface area contributed by atoms with Gasteiger partial charge in [-0.15, -0.1) is 0 Å². The van der Waals surface area contributed by atoms with Crippen LogP contribution >= 0.6 is 15.9 Å². The van der Waals surface area contributed by atoms with Gasteiger partial charge in [0.2, 0.25) is 0 Å².